The fraction of sp³-hybridized carbons (Fsp3) is 0.278. The maximum absolute atomic E-state index is 13.0. The van der Waals surface area contributed by atoms with Gasteiger partial charge in [0.2, 0.25) is 0 Å². The van der Waals surface area contributed by atoms with Crippen LogP contribution >= 0.6 is 22.7 Å². The molecule has 3 aromatic rings. The Kier molecular flexibility index (Phi) is 4.40. The molecule has 6 heteroatoms. The van der Waals surface area contributed by atoms with E-state index >= 15 is 0 Å². The first-order valence-electron chi connectivity index (χ1n) is 8.03. The zero-order chi connectivity index (χ0) is 16.4. The molecule has 1 fully saturated rings. The van der Waals surface area contributed by atoms with E-state index in [0.717, 1.165) is 41.3 Å². The fourth-order valence-corrected chi connectivity index (χ4v) is 4.73. The number of hydrogen-bond donors (Lipinski definition) is 0. The summed E-state index contributed by atoms with van der Waals surface area (Å²) >= 11 is 3.18. The Hall–Kier alpha value is -2.05. The molecule has 0 spiro atoms. The van der Waals surface area contributed by atoms with Gasteiger partial charge in [0.05, 0.1) is 10.9 Å². The molecule has 24 heavy (non-hydrogen) atoms. The van der Waals surface area contributed by atoms with Crippen molar-refractivity contribution in [3.8, 4) is 9.88 Å². The van der Waals surface area contributed by atoms with Gasteiger partial charge in [-0.1, -0.05) is 12.1 Å². The number of aromatic nitrogens is 2. The van der Waals surface area contributed by atoms with Crippen molar-refractivity contribution in [2.75, 3.05) is 6.54 Å². The highest BCUT2D eigenvalue weighted by Crippen LogP contribution is 2.33. The third kappa shape index (κ3) is 2.99. The van der Waals surface area contributed by atoms with E-state index < -0.39 is 0 Å². The first-order valence-corrected chi connectivity index (χ1v) is 9.79. The molecule has 3 aromatic heterocycles. The lowest BCUT2D eigenvalue weighted by atomic mass is 9.96. The molecule has 0 radical (unpaired) electrons. The average molecular weight is 355 g/mol. The fourth-order valence-electron chi connectivity index (χ4n) is 3.13. The molecule has 0 aliphatic carbocycles. The van der Waals surface area contributed by atoms with Crippen molar-refractivity contribution in [1.29, 1.82) is 0 Å². The first-order chi connectivity index (χ1) is 11.8. The second-order valence-corrected chi connectivity index (χ2v) is 7.62. The monoisotopic (exact) mass is 355 g/mol. The number of nitrogens with zero attached hydrogens (tertiary/aromatic N) is 3. The zero-order valence-electron chi connectivity index (χ0n) is 13.1. The number of likely N-dealkylation sites (tertiary alicyclic amines) is 1. The van der Waals surface area contributed by atoms with E-state index in [1.54, 1.807) is 17.5 Å². The third-order valence-corrected chi connectivity index (χ3v) is 6.17. The SMILES string of the molecule is O=C(c1csc(-c2cccs2)n1)N1CCCC[C@@H]1c1cccnc1. The highest BCUT2D eigenvalue weighted by molar-refractivity contribution is 7.20. The summed E-state index contributed by atoms with van der Waals surface area (Å²) in [5, 5.41) is 4.83. The predicted octanol–water partition coefficient (Wildman–Crippen LogP) is 4.63. The number of piperidine rings is 1. The standard InChI is InChI=1S/C18H17N3OS2/c22-18(14-12-24-17(20-14)16-7-4-10-23-16)21-9-2-1-6-15(21)13-5-3-8-19-11-13/h3-5,7-8,10-12,15H,1-2,6,9H2/t15-/m1/s1. The lowest BCUT2D eigenvalue weighted by Gasteiger charge is -2.35. The van der Waals surface area contributed by atoms with Gasteiger partial charge in [-0.3, -0.25) is 9.78 Å². The summed E-state index contributed by atoms with van der Waals surface area (Å²) in [6, 6.07) is 8.14. The average Bonchev–Trinajstić information content (AvgIpc) is 3.33. The molecule has 122 valence electrons. The van der Waals surface area contributed by atoms with Crippen LogP contribution in [0.4, 0.5) is 0 Å². The molecule has 0 bridgehead atoms. The number of hydrogen-bond acceptors (Lipinski definition) is 5. The Morgan fingerprint density at radius 2 is 2.17 bits per heavy atom. The smallest absolute Gasteiger partial charge is 0.273 e. The van der Waals surface area contributed by atoms with E-state index in [-0.39, 0.29) is 11.9 Å². The lowest BCUT2D eigenvalue weighted by molar-refractivity contribution is 0.0606. The van der Waals surface area contributed by atoms with E-state index in [9.17, 15) is 4.79 Å². The maximum Gasteiger partial charge on any atom is 0.273 e. The Bertz CT molecular complexity index is 814. The van der Waals surface area contributed by atoms with Gasteiger partial charge in [0, 0.05) is 24.3 Å². The molecule has 0 aromatic carbocycles. The summed E-state index contributed by atoms with van der Waals surface area (Å²) in [6.07, 6.45) is 6.81. The first kappa shape index (κ1) is 15.5. The van der Waals surface area contributed by atoms with Gasteiger partial charge in [0.15, 0.2) is 0 Å². The Morgan fingerprint density at radius 3 is 2.96 bits per heavy atom. The quantitative estimate of drug-likeness (QED) is 0.688. The van der Waals surface area contributed by atoms with Gasteiger partial charge in [-0.25, -0.2) is 4.98 Å². The van der Waals surface area contributed by atoms with Crippen molar-refractivity contribution in [2.45, 2.75) is 25.3 Å². The molecule has 0 unspecified atom stereocenters. The summed E-state index contributed by atoms with van der Waals surface area (Å²) in [6.45, 7) is 0.782. The predicted molar refractivity (Wildman–Crippen MR) is 97.3 cm³/mol. The van der Waals surface area contributed by atoms with E-state index in [4.69, 9.17) is 0 Å². The number of thiophene rings is 1. The zero-order valence-corrected chi connectivity index (χ0v) is 14.7. The molecular formula is C18H17N3OS2. The molecule has 1 amide bonds. The summed E-state index contributed by atoms with van der Waals surface area (Å²) < 4.78 is 0. The molecule has 4 heterocycles. The van der Waals surface area contributed by atoms with Crippen LogP contribution in [0.25, 0.3) is 9.88 Å². The van der Waals surface area contributed by atoms with Crippen molar-refractivity contribution in [1.82, 2.24) is 14.9 Å². The van der Waals surface area contributed by atoms with Gasteiger partial charge in [-0.15, -0.1) is 22.7 Å². The lowest BCUT2D eigenvalue weighted by Crippen LogP contribution is -2.38. The summed E-state index contributed by atoms with van der Waals surface area (Å²) in [5.41, 5.74) is 1.67. The van der Waals surface area contributed by atoms with Gasteiger partial charge in [0.1, 0.15) is 10.7 Å². The molecule has 4 rings (SSSR count). The number of amides is 1. The molecule has 0 saturated carbocycles. The van der Waals surface area contributed by atoms with Crippen molar-refractivity contribution >= 4 is 28.6 Å². The highest BCUT2D eigenvalue weighted by atomic mass is 32.1. The number of carbonyl (C=O) groups is 1. The van der Waals surface area contributed by atoms with Crippen LogP contribution in [-0.4, -0.2) is 27.3 Å². The molecule has 1 saturated heterocycles. The highest BCUT2D eigenvalue weighted by Gasteiger charge is 2.30. The van der Waals surface area contributed by atoms with E-state index in [1.807, 2.05) is 40.1 Å². The van der Waals surface area contributed by atoms with Crippen LogP contribution < -0.4 is 0 Å². The van der Waals surface area contributed by atoms with Crippen LogP contribution in [-0.2, 0) is 0 Å². The molecule has 1 atom stereocenters. The summed E-state index contributed by atoms with van der Waals surface area (Å²) in [7, 11) is 0. The molecule has 1 aliphatic heterocycles. The van der Waals surface area contributed by atoms with E-state index in [0.29, 0.717) is 5.69 Å². The second kappa shape index (κ2) is 6.83. The van der Waals surface area contributed by atoms with Crippen LogP contribution in [0.3, 0.4) is 0 Å². The van der Waals surface area contributed by atoms with Crippen LogP contribution in [0.15, 0.2) is 47.4 Å². The van der Waals surface area contributed by atoms with Crippen LogP contribution in [0.5, 0.6) is 0 Å². The third-order valence-electron chi connectivity index (χ3n) is 4.29. The number of thiazole rings is 1. The molecule has 1 aliphatic rings. The number of carbonyl (C=O) groups excluding carboxylic acids is 1. The van der Waals surface area contributed by atoms with Gasteiger partial charge >= 0.3 is 0 Å². The number of pyridine rings is 1. The van der Waals surface area contributed by atoms with Gasteiger partial charge in [-0.05, 0) is 42.3 Å². The van der Waals surface area contributed by atoms with Crippen molar-refractivity contribution < 1.29 is 4.79 Å². The minimum atomic E-state index is 0.0302. The Labute approximate surface area is 148 Å². The summed E-state index contributed by atoms with van der Waals surface area (Å²) in [4.78, 5) is 24.9. The Balaban J connectivity index is 1.60. The van der Waals surface area contributed by atoms with Crippen molar-refractivity contribution in [3.63, 3.8) is 0 Å². The largest absolute Gasteiger partial charge is 0.330 e. The van der Waals surface area contributed by atoms with Crippen molar-refractivity contribution in [3.05, 3.63) is 58.7 Å². The molecule has 4 nitrogen and oxygen atoms in total. The van der Waals surface area contributed by atoms with E-state index in [2.05, 4.69) is 16.0 Å². The van der Waals surface area contributed by atoms with Crippen LogP contribution in [0.1, 0.15) is 41.4 Å². The maximum atomic E-state index is 13.0. The summed E-state index contributed by atoms with van der Waals surface area (Å²) in [5.74, 6) is 0.0302. The van der Waals surface area contributed by atoms with E-state index in [1.165, 1.54) is 11.3 Å². The topological polar surface area (TPSA) is 46.1 Å². The van der Waals surface area contributed by atoms with Crippen LogP contribution in [0, 0.1) is 0 Å². The van der Waals surface area contributed by atoms with Crippen LogP contribution in [0.2, 0.25) is 0 Å². The molecule has 0 N–H and O–H groups in total. The second-order valence-electron chi connectivity index (χ2n) is 5.81. The number of rotatable bonds is 3. The normalized spacial score (nSPS) is 17.8. The van der Waals surface area contributed by atoms with Gasteiger partial charge < -0.3 is 4.90 Å². The Morgan fingerprint density at radius 1 is 1.21 bits per heavy atom. The molecular weight excluding hydrogens is 338 g/mol. The minimum Gasteiger partial charge on any atom is -0.330 e. The minimum absolute atomic E-state index is 0.0302. The van der Waals surface area contributed by atoms with Gasteiger partial charge in [0.25, 0.3) is 5.91 Å². The van der Waals surface area contributed by atoms with Gasteiger partial charge in [-0.2, -0.15) is 0 Å². The van der Waals surface area contributed by atoms with Crippen molar-refractivity contribution in [2.24, 2.45) is 0 Å².